The summed E-state index contributed by atoms with van der Waals surface area (Å²) in [6, 6.07) is 8.64. The number of methoxy groups -OCH3 is 1. The first kappa shape index (κ1) is 14.2. The molecule has 0 aliphatic heterocycles. The highest BCUT2D eigenvalue weighted by atomic mass is 32.2. The monoisotopic (exact) mass is 302 g/mol. The van der Waals surface area contributed by atoms with Crippen LogP contribution >= 0.6 is 11.8 Å². The normalized spacial score (nSPS) is 17.4. The van der Waals surface area contributed by atoms with Gasteiger partial charge in [-0.15, -0.1) is 0 Å². The molecule has 2 aromatic rings. The average molecular weight is 302 g/mol. The number of nitriles is 1. The Bertz CT molecular complexity index is 689. The zero-order chi connectivity index (χ0) is 14.9. The summed E-state index contributed by atoms with van der Waals surface area (Å²) in [5.41, 5.74) is 1.35. The smallest absolute Gasteiger partial charge is 0.166 e. The standard InChI is InChI=1S/C15H18N4OS/c1-15(8-16,19-10-3-4-10)9-21-14-17-12-6-5-11(20-2)7-13(12)18-14/h5-7,10,19H,3-4,9H2,1-2H3,(H,17,18). The predicted octanol–water partition coefficient (Wildman–Crippen LogP) is 2.70. The second-order valence-corrected chi connectivity index (χ2v) is 6.54. The van der Waals surface area contributed by atoms with Gasteiger partial charge < -0.3 is 9.72 Å². The van der Waals surface area contributed by atoms with Gasteiger partial charge in [-0.2, -0.15) is 5.26 Å². The first-order chi connectivity index (χ1) is 10.1. The van der Waals surface area contributed by atoms with Gasteiger partial charge in [-0.1, -0.05) is 11.8 Å². The first-order valence-corrected chi connectivity index (χ1v) is 7.96. The summed E-state index contributed by atoms with van der Waals surface area (Å²) in [5.74, 6) is 1.47. The summed E-state index contributed by atoms with van der Waals surface area (Å²) < 4.78 is 5.21. The molecule has 0 radical (unpaired) electrons. The summed E-state index contributed by atoms with van der Waals surface area (Å²) in [6.07, 6.45) is 2.35. The van der Waals surface area contributed by atoms with Gasteiger partial charge in [0.2, 0.25) is 0 Å². The SMILES string of the molecule is COc1ccc2nc(SCC(C)(C#N)NC3CC3)[nH]c2c1. The van der Waals surface area contributed by atoms with Crippen molar-refractivity contribution in [3.63, 3.8) is 0 Å². The van der Waals surface area contributed by atoms with E-state index in [-0.39, 0.29) is 0 Å². The van der Waals surface area contributed by atoms with Crippen LogP contribution in [0.15, 0.2) is 23.4 Å². The molecule has 1 fully saturated rings. The van der Waals surface area contributed by atoms with Crippen LogP contribution in [-0.2, 0) is 0 Å². The molecular formula is C15H18N4OS. The number of H-pyrrole nitrogens is 1. The van der Waals surface area contributed by atoms with Crippen LogP contribution in [-0.4, -0.2) is 34.4 Å². The van der Waals surface area contributed by atoms with Gasteiger partial charge in [0.25, 0.3) is 0 Å². The van der Waals surface area contributed by atoms with Crippen molar-refractivity contribution in [3.05, 3.63) is 18.2 Å². The van der Waals surface area contributed by atoms with E-state index in [1.165, 1.54) is 12.8 Å². The van der Waals surface area contributed by atoms with E-state index < -0.39 is 5.54 Å². The number of nitrogens with zero attached hydrogens (tertiary/aromatic N) is 2. The van der Waals surface area contributed by atoms with Crippen LogP contribution in [0, 0.1) is 11.3 Å². The van der Waals surface area contributed by atoms with Crippen molar-refractivity contribution in [2.24, 2.45) is 0 Å². The average Bonchev–Trinajstić information content (AvgIpc) is 3.20. The summed E-state index contributed by atoms with van der Waals surface area (Å²) in [5, 5.41) is 13.6. The number of aromatic nitrogens is 2. The molecule has 0 saturated heterocycles. The highest BCUT2D eigenvalue weighted by Gasteiger charge is 2.32. The maximum Gasteiger partial charge on any atom is 0.166 e. The number of fused-ring (bicyclic) bond motifs is 1. The molecule has 1 heterocycles. The summed E-state index contributed by atoms with van der Waals surface area (Å²) in [6.45, 7) is 1.95. The van der Waals surface area contributed by atoms with Crippen LogP contribution in [0.4, 0.5) is 0 Å². The van der Waals surface area contributed by atoms with Crippen LogP contribution in [0.1, 0.15) is 19.8 Å². The minimum atomic E-state index is -0.511. The Hall–Kier alpha value is -1.71. The molecule has 0 spiro atoms. The van der Waals surface area contributed by atoms with E-state index in [1.807, 2.05) is 25.1 Å². The van der Waals surface area contributed by atoms with Gasteiger partial charge in [0, 0.05) is 17.9 Å². The number of benzene rings is 1. The lowest BCUT2D eigenvalue weighted by Crippen LogP contribution is -2.44. The van der Waals surface area contributed by atoms with Gasteiger partial charge in [-0.3, -0.25) is 5.32 Å². The van der Waals surface area contributed by atoms with Crippen molar-refractivity contribution in [1.29, 1.82) is 5.26 Å². The molecule has 6 heteroatoms. The number of nitrogens with one attached hydrogen (secondary N) is 2. The number of hydrogen-bond acceptors (Lipinski definition) is 5. The van der Waals surface area contributed by atoms with E-state index >= 15 is 0 Å². The molecule has 5 nitrogen and oxygen atoms in total. The van der Waals surface area contributed by atoms with Crippen molar-refractivity contribution in [3.8, 4) is 11.8 Å². The van der Waals surface area contributed by atoms with Crippen molar-refractivity contribution in [2.75, 3.05) is 12.9 Å². The molecule has 1 aromatic heterocycles. The molecule has 110 valence electrons. The molecule has 1 aliphatic carbocycles. The van der Waals surface area contributed by atoms with E-state index in [4.69, 9.17) is 4.74 Å². The third-order valence-corrected chi connectivity index (χ3v) is 4.70. The Labute approximate surface area is 128 Å². The zero-order valence-electron chi connectivity index (χ0n) is 12.1. The van der Waals surface area contributed by atoms with E-state index in [0.717, 1.165) is 21.9 Å². The molecule has 3 rings (SSSR count). The summed E-state index contributed by atoms with van der Waals surface area (Å²) in [4.78, 5) is 7.81. The van der Waals surface area contributed by atoms with Crippen LogP contribution in [0.3, 0.4) is 0 Å². The number of thioether (sulfide) groups is 1. The van der Waals surface area contributed by atoms with E-state index in [1.54, 1.807) is 18.9 Å². The third kappa shape index (κ3) is 3.31. The lowest BCUT2D eigenvalue weighted by atomic mass is 10.1. The quantitative estimate of drug-likeness (QED) is 0.803. The van der Waals surface area contributed by atoms with Gasteiger partial charge >= 0.3 is 0 Å². The summed E-state index contributed by atoms with van der Waals surface area (Å²) >= 11 is 1.57. The molecule has 1 aliphatic rings. The largest absolute Gasteiger partial charge is 0.497 e. The molecule has 0 amide bonds. The molecule has 1 atom stereocenters. The number of rotatable bonds is 6. The Morgan fingerprint density at radius 2 is 2.38 bits per heavy atom. The fraction of sp³-hybridized carbons (Fsp3) is 0.467. The van der Waals surface area contributed by atoms with Gasteiger partial charge in [0.1, 0.15) is 11.3 Å². The predicted molar refractivity (Wildman–Crippen MR) is 83.5 cm³/mol. The maximum absolute atomic E-state index is 9.38. The van der Waals surface area contributed by atoms with Gasteiger partial charge in [0.15, 0.2) is 5.16 Å². The molecule has 21 heavy (non-hydrogen) atoms. The minimum absolute atomic E-state index is 0.509. The van der Waals surface area contributed by atoms with Gasteiger partial charge in [0.05, 0.1) is 24.2 Å². The molecule has 1 unspecified atom stereocenters. The van der Waals surface area contributed by atoms with E-state index in [2.05, 4.69) is 21.4 Å². The Morgan fingerprint density at radius 1 is 1.57 bits per heavy atom. The van der Waals surface area contributed by atoms with Crippen LogP contribution in [0.2, 0.25) is 0 Å². The fourth-order valence-electron chi connectivity index (χ4n) is 2.16. The Morgan fingerprint density at radius 3 is 3.05 bits per heavy atom. The Balaban J connectivity index is 1.70. The highest BCUT2D eigenvalue weighted by Crippen LogP contribution is 2.28. The molecular weight excluding hydrogens is 284 g/mol. The topological polar surface area (TPSA) is 73.7 Å². The maximum atomic E-state index is 9.38. The highest BCUT2D eigenvalue weighted by molar-refractivity contribution is 7.99. The van der Waals surface area contributed by atoms with E-state index in [9.17, 15) is 5.26 Å². The number of ether oxygens (including phenoxy) is 1. The fourth-order valence-corrected chi connectivity index (χ4v) is 3.08. The van der Waals surface area contributed by atoms with Crippen molar-refractivity contribution in [2.45, 2.75) is 36.5 Å². The number of aromatic amines is 1. The summed E-state index contributed by atoms with van der Waals surface area (Å²) in [7, 11) is 1.65. The third-order valence-electron chi connectivity index (χ3n) is 3.51. The first-order valence-electron chi connectivity index (χ1n) is 6.97. The van der Waals surface area contributed by atoms with Crippen LogP contribution in [0.5, 0.6) is 5.75 Å². The number of imidazole rings is 1. The van der Waals surface area contributed by atoms with Crippen LogP contribution in [0.25, 0.3) is 11.0 Å². The zero-order valence-corrected chi connectivity index (χ0v) is 13.0. The number of hydrogen-bond donors (Lipinski definition) is 2. The second-order valence-electron chi connectivity index (χ2n) is 5.58. The lowest BCUT2D eigenvalue weighted by Gasteiger charge is -2.22. The van der Waals surface area contributed by atoms with Crippen molar-refractivity contribution < 1.29 is 4.74 Å². The van der Waals surface area contributed by atoms with Crippen LogP contribution < -0.4 is 10.1 Å². The van der Waals surface area contributed by atoms with Crippen molar-refractivity contribution >= 4 is 22.8 Å². The van der Waals surface area contributed by atoms with Gasteiger partial charge in [-0.25, -0.2) is 4.98 Å². The van der Waals surface area contributed by atoms with E-state index in [0.29, 0.717) is 11.8 Å². The van der Waals surface area contributed by atoms with Gasteiger partial charge in [-0.05, 0) is 31.9 Å². The molecule has 2 N–H and O–H groups in total. The Kier molecular flexibility index (Phi) is 3.79. The van der Waals surface area contributed by atoms with Crippen molar-refractivity contribution in [1.82, 2.24) is 15.3 Å². The molecule has 0 bridgehead atoms. The molecule has 1 saturated carbocycles. The minimum Gasteiger partial charge on any atom is -0.497 e. The molecule has 1 aromatic carbocycles. The lowest BCUT2D eigenvalue weighted by molar-refractivity contribution is 0.415. The second kappa shape index (κ2) is 5.58.